The monoisotopic (exact) mass is 549 g/mol. The van der Waals surface area contributed by atoms with E-state index in [1.807, 2.05) is 0 Å². The van der Waals surface area contributed by atoms with Gasteiger partial charge in [0.15, 0.2) is 5.96 Å². The van der Waals surface area contributed by atoms with Gasteiger partial charge in [0, 0.05) is 72.0 Å². The summed E-state index contributed by atoms with van der Waals surface area (Å²) < 4.78 is 5.35. The standard InChI is InChI=1S/C23H43N5O2.HI/c1-3-24-22(26-19-23(11-18-30-2)9-4-5-10-23)25-12-13-27-14-16-28(17-15-27)21(29)20-7-6-8-20;/h20H,3-19H2,1-2H3,(H2,24,25,26);1H. The first-order valence-electron chi connectivity index (χ1n) is 12.2. The first kappa shape index (κ1) is 26.6. The molecule has 1 aliphatic heterocycles. The number of nitrogens with one attached hydrogen (secondary N) is 2. The lowest BCUT2D eigenvalue weighted by molar-refractivity contribution is -0.139. The van der Waals surface area contributed by atoms with Gasteiger partial charge in [0.2, 0.25) is 5.91 Å². The van der Waals surface area contributed by atoms with Crippen molar-refractivity contribution in [1.29, 1.82) is 0 Å². The van der Waals surface area contributed by atoms with Crippen LogP contribution in [0.4, 0.5) is 0 Å². The van der Waals surface area contributed by atoms with Gasteiger partial charge < -0.3 is 20.3 Å². The second kappa shape index (κ2) is 13.8. The molecule has 0 spiro atoms. The number of aliphatic imine (C=N–C) groups is 1. The van der Waals surface area contributed by atoms with Crippen LogP contribution in [0.5, 0.6) is 0 Å². The summed E-state index contributed by atoms with van der Waals surface area (Å²) in [6.45, 7) is 10.3. The molecule has 8 heteroatoms. The van der Waals surface area contributed by atoms with Crippen molar-refractivity contribution in [3.05, 3.63) is 0 Å². The summed E-state index contributed by atoms with van der Waals surface area (Å²) in [5, 5.41) is 6.92. The van der Waals surface area contributed by atoms with Gasteiger partial charge in [0.05, 0.1) is 0 Å². The minimum atomic E-state index is 0. The van der Waals surface area contributed by atoms with Gasteiger partial charge in [-0.2, -0.15) is 0 Å². The van der Waals surface area contributed by atoms with Gasteiger partial charge in [-0.25, -0.2) is 0 Å². The number of methoxy groups -OCH3 is 1. The molecule has 0 radical (unpaired) electrons. The Bertz CT molecular complexity index is 556. The number of halogens is 1. The highest BCUT2D eigenvalue weighted by Gasteiger charge is 2.33. The summed E-state index contributed by atoms with van der Waals surface area (Å²) >= 11 is 0. The topological polar surface area (TPSA) is 69.2 Å². The van der Waals surface area contributed by atoms with Crippen molar-refractivity contribution >= 4 is 35.8 Å². The van der Waals surface area contributed by atoms with Gasteiger partial charge in [0.25, 0.3) is 0 Å². The number of hydrogen-bond donors (Lipinski definition) is 2. The molecule has 0 atom stereocenters. The zero-order valence-electron chi connectivity index (χ0n) is 19.7. The minimum absolute atomic E-state index is 0. The molecule has 1 saturated heterocycles. The highest BCUT2D eigenvalue weighted by Crippen LogP contribution is 2.41. The van der Waals surface area contributed by atoms with E-state index in [1.54, 1.807) is 7.11 Å². The molecule has 0 aromatic rings. The number of carbonyl (C=O) groups excluding carboxylic acids is 1. The van der Waals surface area contributed by atoms with Crippen molar-refractivity contribution < 1.29 is 9.53 Å². The molecule has 2 N–H and O–H groups in total. The number of rotatable bonds is 10. The Hall–Kier alpha value is -0.610. The highest BCUT2D eigenvalue weighted by molar-refractivity contribution is 14.0. The number of hydrogen-bond acceptors (Lipinski definition) is 4. The molecular weight excluding hydrogens is 505 g/mol. The van der Waals surface area contributed by atoms with Crippen molar-refractivity contribution in [2.45, 2.75) is 58.3 Å². The molecule has 7 nitrogen and oxygen atoms in total. The molecule has 180 valence electrons. The number of ether oxygens (including phenoxy) is 1. The average Bonchev–Trinajstić information content (AvgIpc) is 3.19. The Kier molecular flexibility index (Phi) is 11.9. The normalized spacial score (nSPS) is 22.0. The van der Waals surface area contributed by atoms with Crippen molar-refractivity contribution in [3.63, 3.8) is 0 Å². The highest BCUT2D eigenvalue weighted by atomic mass is 127. The fraction of sp³-hybridized carbons (Fsp3) is 0.913. The summed E-state index contributed by atoms with van der Waals surface area (Å²) in [6.07, 6.45) is 9.70. The average molecular weight is 550 g/mol. The molecule has 0 aromatic heterocycles. The van der Waals surface area contributed by atoms with Gasteiger partial charge in [-0.1, -0.05) is 19.3 Å². The third-order valence-corrected chi connectivity index (χ3v) is 7.28. The van der Waals surface area contributed by atoms with Gasteiger partial charge in [-0.15, -0.1) is 24.0 Å². The maximum atomic E-state index is 12.4. The minimum Gasteiger partial charge on any atom is -0.385 e. The van der Waals surface area contributed by atoms with Crippen LogP contribution in [0.15, 0.2) is 4.99 Å². The van der Waals surface area contributed by atoms with E-state index >= 15 is 0 Å². The van der Waals surface area contributed by atoms with Crippen molar-refractivity contribution in [1.82, 2.24) is 20.4 Å². The molecule has 2 aliphatic carbocycles. The van der Waals surface area contributed by atoms with Crippen molar-refractivity contribution in [3.8, 4) is 0 Å². The molecule has 0 bridgehead atoms. The molecule has 0 unspecified atom stereocenters. The van der Waals surface area contributed by atoms with E-state index in [4.69, 9.17) is 9.73 Å². The Morgan fingerprint density at radius 2 is 1.81 bits per heavy atom. The third kappa shape index (κ3) is 8.03. The van der Waals surface area contributed by atoms with Crippen LogP contribution >= 0.6 is 24.0 Å². The number of amides is 1. The van der Waals surface area contributed by atoms with E-state index in [9.17, 15) is 4.79 Å². The third-order valence-electron chi connectivity index (χ3n) is 7.28. The summed E-state index contributed by atoms with van der Waals surface area (Å²) in [7, 11) is 1.79. The number of piperazine rings is 1. The quantitative estimate of drug-likeness (QED) is 0.249. The Labute approximate surface area is 206 Å². The molecular formula is C23H44IN5O2. The van der Waals surface area contributed by atoms with Gasteiger partial charge in [-0.05, 0) is 44.4 Å². The predicted molar refractivity (Wildman–Crippen MR) is 137 cm³/mol. The largest absolute Gasteiger partial charge is 0.385 e. The predicted octanol–water partition coefficient (Wildman–Crippen LogP) is 2.70. The second-order valence-corrected chi connectivity index (χ2v) is 9.37. The molecule has 0 aromatic carbocycles. The van der Waals surface area contributed by atoms with Crippen LogP contribution < -0.4 is 10.6 Å². The van der Waals surface area contributed by atoms with Crippen LogP contribution in [-0.4, -0.2) is 87.7 Å². The van der Waals surface area contributed by atoms with E-state index in [-0.39, 0.29) is 24.0 Å². The lowest BCUT2D eigenvalue weighted by Gasteiger charge is -2.38. The van der Waals surface area contributed by atoms with Crippen molar-refractivity contribution in [2.24, 2.45) is 16.3 Å². The van der Waals surface area contributed by atoms with E-state index in [0.29, 0.717) is 17.2 Å². The van der Waals surface area contributed by atoms with Crippen LogP contribution in [0.3, 0.4) is 0 Å². The van der Waals surface area contributed by atoms with E-state index < -0.39 is 0 Å². The summed E-state index contributed by atoms with van der Waals surface area (Å²) in [5.41, 5.74) is 0.321. The molecule has 3 rings (SSSR count). The number of nitrogens with zero attached hydrogens (tertiary/aromatic N) is 3. The van der Waals surface area contributed by atoms with Crippen LogP contribution in [-0.2, 0) is 9.53 Å². The zero-order valence-corrected chi connectivity index (χ0v) is 22.0. The second-order valence-electron chi connectivity index (χ2n) is 9.37. The van der Waals surface area contributed by atoms with Gasteiger partial charge >= 0.3 is 0 Å². The summed E-state index contributed by atoms with van der Waals surface area (Å²) in [6, 6.07) is 0. The fourth-order valence-electron chi connectivity index (χ4n) is 4.96. The van der Waals surface area contributed by atoms with Crippen LogP contribution in [0.2, 0.25) is 0 Å². The van der Waals surface area contributed by atoms with E-state index in [2.05, 4.69) is 27.4 Å². The summed E-state index contributed by atoms with van der Waals surface area (Å²) in [5.74, 6) is 1.65. The van der Waals surface area contributed by atoms with Crippen LogP contribution in [0.25, 0.3) is 0 Å². The Morgan fingerprint density at radius 3 is 2.39 bits per heavy atom. The molecule has 31 heavy (non-hydrogen) atoms. The molecule has 1 amide bonds. The van der Waals surface area contributed by atoms with Gasteiger partial charge in [-0.3, -0.25) is 14.7 Å². The summed E-state index contributed by atoms with van der Waals surface area (Å²) in [4.78, 5) is 21.9. The van der Waals surface area contributed by atoms with Crippen LogP contribution in [0, 0.1) is 11.3 Å². The molecule has 2 saturated carbocycles. The van der Waals surface area contributed by atoms with Crippen molar-refractivity contribution in [2.75, 3.05) is 66.1 Å². The fourth-order valence-corrected chi connectivity index (χ4v) is 4.96. The maximum absolute atomic E-state index is 12.4. The first-order chi connectivity index (χ1) is 14.7. The lowest BCUT2D eigenvalue weighted by Crippen LogP contribution is -2.52. The van der Waals surface area contributed by atoms with Crippen LogP contribution in [0.1, 0.15) is 58.3 Å². The van der Waals surface area contributed by atoms with E-state index in [1.165, 1.54) is 32.1 Å². The number of guanidine groups is 1. The number of carbonyl (C=O) groups is 1. The smallest absolute Gasteiger partial charge is 0.225 e. The van der Waals surface area contributed by atoms with Gasteiger partial charge in [0.1, 0.15) is 0 Å². The molecule has 3 aliphatic rings. The molecule has 1 heterocycles. The first-order valence-corrected chi connectivity index (χ1v) is 12.2. The zero-order chi connectivity index (χ0) is 21.2. The lowest BCUT2D eigenvalue weighted by atomic mass is 9.83. The SMILES string of the molecule is CCNC(=NCC1(CCOC)CCCC1)NCCN1CCN(C(=O)C2CCC2)CC1.I. The maximum Gasteiger partial charge on any atom is 0.225 e. The Morgan fingerprint density at radius 1 is 1.10 bits per heavy atom. The van der Waals surface area contributed by atoms with E-state index in [0.717, 1.165) is 84.2 Å². The molecule has 3 fully saturated rings. The Balaban J connectivity index is 0.00000341.